The standard InChI is InChI=1S/C7H8F2O2/c8-7(9,3-4-10)6-2-1-5-11-6/h1-2,5,10H,3-4H2. The summed E-state index contributed by atoms with van der Waals surface area (Å²) in [6, 6.07) is 2.58. The van der Waals surface area contributed by atoms with Crippen LogP contribution in [-0.4, -0.2) is 11.7 Å². The summed E-state index contributed by atoms with van der Waals surface area (Å²) in [6.45, 7) is -0.548. The first-order valence-electron chi connectivity index (χ1n) is 3.19. The second-order valence-electron chi connectivity index (χ2n) is 2.16. The Morgan fingerprint density at radius 2 is 2.27 bits per heavy atom. The maximum atomic E-state index is 12.7. The highest BCUT2D eigenvalue weighted by Gasteiger charge is 2.33. The first-order chi connectivity index (χ1) is 5.17. The van der Waals surface area contributed by atoms with Gasteiger partial charge in [-0.2, -0.15) is 8.78 Å². The zero-order valence-electron chi connectivity index (χ0n) is 5.76. The molecule has 1 heterocycles. The molecule has 0 aliphatic heterocycles. The number of alkyl halides is 2. The summed E-state index contributed by atoms with van der Waals surface area (Å²) < 4.78 is 30.0. The van der Waals surface area contributed by atoms with Crippen LogP contribution in [0.15, 0.2) is 22.8 Å². The van der Waals surface area contributed by atoms with Gasteiger partial charge in [-0.1, -0.05) is 0 Å². The van der Waals surface area contributed by atoms with Crippen LogP contribution in [0.3, 0.4) is 0 Å². The fourth-order valence-electron chi connectivity index (χ4n) is 0.750. The Labute approximate surface area is 62.4 Å². The van der Waals surface area contributed by atoms with Crippen LogP contribution in [0.1, 0.15) is 12.2 Å². The number of hydrogen-bond acceptors (Lipinski definition) is 2. The Morgan fingerprint density at radius 3 is 2.73 bits per heavy atom. The van der Waals surface area contributed by atoms with Gasteiger partial charge in [0.25, 0.3) is 0 Å². The summed E-state index contributed by atoms with van der Waals surface area (Å²) in [5, 5.41) is 8.28. The van der Waals surface area contributed by atoms with E-state index in [4.69, 9.17) is 5.11 Å². The van der Waals surface area contributed by atoms with Gasteiger partial charge in [-0.15, -0.1) is 0 Å². The van der Waals surface area contributed by atoms with Crippen molar-refractivity contribution in [1.82, 2.24) is 0 Å². The van der Waals surface area contributed by atoms with Crippen LogP contribution < -0.4 is 0 Å². The molecule has 0 atom stereocenters. The smallest absolute Gasteiger partial charge is 0.306 e. The van der Waals surface area contributed by atoms with Crippen molar-refractivity contribution >= 4 is 0 Å². The molecule has 0 saturated carbocycles. The molecule has 4 heteroatoms. The van der Waals surface area contributed by atoms with Crippen LogP contribution in [0, 0.1) is 0 Å². The van der Waals surface area contributed by atoms with E-state index in [9.17, 15) is 8.78 Å². The minimum atomic E-state index is -3.04. The van der Waals surface area contributed by atoms with Gasteiger partial charge in [-0.3, -0.25) is 0 Å². The Bertz CT molecular complexity index is 206. The number of aliphatic hydroxyl groups is 1. The van der Waals surface area contributed by atoms with Crippen molar-refractivity contribution in [1.29, 1.82) is 0 Å². The monoisotopic (exact) mass is 162 g/mol. The van der Waals surface area contributed by atoms with Crippen LogP contribution >= 0.6 is 0 Å². The molecule has 0 spiro atoms. The van der Waals surface area contributed by atoms with E-state index in [0.717, 1.165) is 0 Å². The molecule has 0 fully saturated rings. The Balaban J connectivity index is 2.73. The normalized spacial score (nSPS) is 11.9. The first-order valence-corrected chi connectivity index (χ1v) is 3.19. The minimum absolute atomic E-state index is 0.397. The molecular formula is C7H8F2O2. The van der Waals surface area contributed by atoms with E-state index in [1.165, 1.54) is 18.4 Å². The van der Waals surface area contributed by atoms with Crippen LogP contribution in [0.5, 0.6) is 0 Å². The van der Waals surface area contributed by atoms with Crippen LogP contribution in [0.2, 0.25) is 0 Å². The van der Waals surface area contributed by atoms with Crippen molar-refractivity contribution in [3.8, 4) is 0 Å². The number of hydrogen-bond donors (Lipinski definition) is 1. The Morgan fingerprint density at radius 1 is 1.55 bits per heavy atom. The van der Waals surface area contributed by atoms with Crippen molar-refractivity contribution in [2.75, 3.05) is 6.61 Å². The molecule has 0 bridgehead atoms. The molecular weight excluding hydrogens is 154 g/mol. The van der Waals surface area contributed by atoms with E-state index in [-0.39, 0.29) is 0 Å². The zero-order chi connectivity index (χ0) is 8.32. The van der Waals surface area contributed by atoms with E-state index in [2.05, 4.69) is 4.42 Å². The van der Waals surface area contributed by atoms with E-state index in [1.807, 2.05) is 0 Å². The predicted molar refractivity (Wildman–Crippen MR) is 34.3 cm³/mol. The molecule has 1 N–H and O–H groups in total. The molecule has 62 valence electrons. The fraction of sp³-hybridized carbons (Fsp3) is 0.429. The molecule has 0 saturated heterocycles. The Kier molecular flexibility index (Phi) is 2.24. The largest absolute Gasteiger partial charge is 0.463 e. The van der Waals surface area contributed by atoms with Gasteiger partial charge >= 0.3 is 5.92 Å². The molecule has 0 radical (unpaired) electrons. The molecule has 0 aliphatic rings. The highest BCUT2D eigenvalue weighted by molar-refractivity contribution is 5.05. The van der Waals surface area contributed by atoms with Gasteiger partial charge in [0, 0.05) is 13.0 Å². The van der Waals surface area contributed by atoms with Gasteiger partial charge in [0.1, 0.15) is 0 Å². The van der Waals surface area contributed by atoms with Gasteiger partial charge in [-0.25, -0.2) is 0 Å². The number of halogens is 2. The zero-order valence-corrected chi connectivity index (χ0v) is 5.76. The van der Waals surface area contributed by atoms with Crippen LogP contribution in [0.25, 0.3) is 0 Å². The molecule has 0 aliphatic carbocycles. The van der Waals surface area contributed by atoms with E-state index >= 15 is 0 Å². The van der Waals surface area contributed by atoms with Crippen LogP contribution in [-0.2, 0) is 5.92 Å². The van der Waals surface area contributed by atoms with Crippen molar-refractivity contribution in [2.45, 2.75) is 12.3 Å². The SMILES string of the molecule is OCCC(F)(F)c1ccco1. The van der Waals surface area contributed by atoms with Gasteiger partial charge < -0.3 is 9.52 Å². The molecule has 1 aromatic rings. The molecule has 0 amide bonds. The second kappa shape index (κ2) is 3.00. The first kappa shape index (κ1) is 8.20. The van der Waals surface area contributed by atoms with Gasteiger partial charge in [0.05, 0.1) is 6.26 Å². The average Bonchev–Trinajstić information content (AvgIpc) is 2.37. The maximum Gasteiger partial charge on any atom is 0.306 e. The van der Waals surface area contributed by atoms with Crippen molar-refractivity contribution in [2.24, 2.45) is 0 Å². The van der Waals surface area contributed by atoms with E-state index in [1.54, 1.807) is 0 Å². The van der Waals surface area contributed by atoms with E-state index in [0.29, 0.717) is 0 Å². The Hall–Kier alpha value is -0.900. The number of aliphatic hydroxyl groups excluding tert-OH is 1. The summed E-state index contributed by atoms with van der Waals surface area (Å²) >= 11 is 0. The lowest BCUT2D eigenvalue weighted by molar-refractivity contribution is -0.0459. The third kappa shape index (κ3) is 1.77. The summed E-state index contributed by atoms with van der Waals surface area (Å²) in [4.78, 5) is 0. The van der Waals surface area contributed by atoms with Crippen molar-refractivity contribution in [3.05, 3.63) is 24.2 Å². The quantitative estimate of drug-likeness (QED) is 0.734. The van der Waals surface area contributed by atoms with Gasteiger partial charge in [-0.05, 0) is 12.1 Å². The third-order valence-electron chi connectivity index (χ3n) is 1.31. The van der Waals surface area contributed by atoms with Crippen molar-refractivity contribution in [3.63, 3.8) is 0 Å². The average molecular weight is 162 g/mol. The topological polar surface area (TPSA) is 33.4 Å². The molecule has 0 aromatic carbocycles. The summed E-state index contributed by atoms with van der Waals surface area (Å²) in [5.41, 5.74) is 0. The van der Waals surface area contributed by atoms with Crippen molar-refractivity contribution < 1.29 is 18.3 Å². The number of furan rings is 1. The van der Waals surface area contributed by atoms with Crippen LogP contribution in [0.4, 0.5) is 8.78 Å². The highest BCUT2D eigenvalue weighted by Crippen LogP contribution is 2.31. The minimum Gasteiger partial charge on any atom is -0.463 e. The lowest BCUT2D eigenvalue weighted by atomic mass is 10.2. The molecule has 1 aromatic heterocycles. The fourth-order valence-corrected chi connectivity index (χ4v) is 0.750. The highest BCUT2D eigenvalue weighted by atomic mass is 19.3. The lowest BCUT2D eigenvalue weighted by Crippen LogP contribution is -2.13. The van der Waals surface area contributed by atoms with Gasteiger partial charge in [0.2, 0.25) is 0 Å². The molecule has 11 heavy (non-hydrogen) atoms. The summed E-state index contributed by atoms with van der Waals surface area (Å²) in [7, 11) is 0. The summed E-state index contributed by atoms with van der Waals surface area (Å²) in [6.07, 6.45) is 0.584. The molecule has 1 rings (SSSR count). The number of rotatable bonds is 3. The summed E-state index contributed by atoms with van der Waals surface area (Å²) in [5.74, 6) is -3.44. The maximum absolute atomic E-state index is 12.7. The molecule has 2 nitrogen and oxygen atoms in total. The third-order valence-corrected chi connectivity index (χ3v) is 1.31. The lowest BCUT2D eigenvalue weighted by Gasteiger charge is -2.10. The predicted octanol–water partition coefficient (Wildman–Crippen LogP) is 1.75. The molecule has 0 unspecified atom stereocenters. The van der Waals surface area contributed by atoms with Gasteiger partial charge in [0.15, 0.2) is 5.76 Å². The van der Waals surface area contributed by atoms with E-state index < -0.39 is 24.7 Å². The second-order valence-corrected chi connectivity index (χ2v) is 2.16.